The van der Waals surface area contributed by atoms with Crippen molar-refractivity contribution in [2.75, 3.05) is 0 Å². The molecule has 10 heteroatoms. The summed E-state index contributed by atoms with van der Waals surface area (Å²) < 4.78 is 10.1. The number of hydrogen-bond donors (Lipinski definition) is 0. The number of rotatable bonds is 12. The largest absolute Gasteiger partial charge is 0.309 e. The van der Waals surface area contributed by atoms with Crippen molar-refractivity contribution in [1.82, 2.24) is 39.0 Å². The fourth-order valence-electron chi connectivity index (χ4n) is 16.1. The number of benzene rings is 16. The molecule has 0 N–H and O–H groups in total. The molecule has 8 nitrogen and oxygen atoms in total. The maximum Gasteiger partial charge on any atom is 0.164 e. The van der Waals surface area contributed by atoms with Crippen molar-refractivity contribution in [2.45, 2.75) is 0 Å². The first-order chi connectivity index (χ1) is 55.5. The van der Waals surface area contributed by atoms with Crippen LogP contribution in [-0.4, -0.2) is 39.0 Å². The van der Waals surface area contributed by atoms with Crippen molar-refractivity contribution in [3.8, 4) is 124 Å². The molecule has 524 valence electrons. The Morgan fingerprint density at radius 2 is 0.518 bits per heavy atom. The zero-order chi connectivity index (χ0) is 74.0. The van der Waals surface area contributed by atoms with Crippen LogP contribution in [0.5, 0.6) is 0 Å². The Kier molecular flexibility index (Phi) is 16.4. The zero-order valence-corrected chi connectivity index (χ0v) is 62.0. The van der Waals surface area contributed by atoms with Gasteiger partial charge in [-0.3, -0.25) is 0 Å². The smallest absolute Gasteiger partial charge is 0.164 e. The molecule has 16 aromatic carbocycles. The first kappa shape index (κ1) is 65.8. The number of thiophene rings is 2. The van der Waals surface area contributed by atoms with E-state index in [4.69, 9.17) is 29.9 Å². The molecule has 6 heterocycles. The average molecular weight is 1470 g/mol. The fraction of sp³-hybridized carbons (Fsp3) is 0. The van der Waals surface area contributed by atoms with Crippen molar-refractivity contribution in [1.29, 1.82) is 0 Å². The Morgan fingerprint density at radius 3 is 1.02 bits per heavy atom. The quantitative estimate of drug-likeness (QED) is 0.121. The summed E-state index contributed by atoms with van der Waals surface area (Å²) in [6.07, 6.45) is 0. The Labute approximate surface area is 653 Å². The number of hydrogen-bond acceptors (Lipinski definition) is 8. The van der Waals surface area contributed by atoms with Gasteiger partial charge >= 0.3 is 0 Å². The molecule has 112 heavy (non-hydrogen) atoms. The fourth-order valence-corrected chi connectivity index (χ4v) is 18.6. The van der Waals surface area contributed by atoms with E-state index in [9.17, 15) is 0 Å². The molecule has 0 bridgehead atoms. The Balaban J connectivity index is 0.000000141. The maximum absolute atomic E-state index is 5.08. The van der Waals surface area contributed by atoms with E-state index in [1.165, 1.54) is 95.2 Å². The highest BCUT2D eigenvalue weighted by atomic mass is 32.1. The van der Waals surface area contributed by atoms with Gasteiger partial charge in [0.05, 0.1) is 27.8 Å². The van der Waals surface area contributed by atoms with Crippen LogP contribution in [0.25, 0.3) is 208 Å². The molecule has 0 spiro atoms. The van der Waals surface area contributed by atoms with Gasteiger partial charge in [-0.05, 0) is 118 Å². The third-order valence-electron chi connectivity index (χ3n) is 21.3. The van der Waals surface area contributed by atoms with E-state index in [1.54, 1.807) is 0 Å². The maximum atomic E-state index is 5.08. The summed E-state index contributed by atoms with van der Waals surface area (Å²) in [6.45, 7) is 0. The molecule has 0 saturated heterocycles. The molecule has 22 aromatic rings. The molecule has 0 saturated carbocycles. The van der Waals surface area contributed by atoms with E-state index in [-0.39, 0.29) is 0 Å². The highest BCUT2D eigenvalue weighted by Gasteiger charge is 2.23. The number of para-hydroxylation sites is 2. The van der Waals surface area contributed by atoms with Crippen LogP contribution in [-0.2, 0) is 0 Å². The van der Waals surface area contributed by atoms with E-state index in [2.05, 4.69) is 276 Å². The molecule has 22 rings (SSSR count). The van der Waals surface area contributed by atoms with Gasteiger partial charge in [-0.15, -0.1) is 22.7 Å². The van der Waals surface area contributed by atoms with Gasteiger partial charge < -0.3 is 9.13 Å². The second-order valence-corrected chi connectivity index (χ2v) is 30.1. The average Bonchev–Trinajstić information content (AvgIpc) is 1.59. The normalized spacial score (nSPS) is 11.6. The molecule has 0 unspecified atom stereocenters. The number of nitrogens with zero attached hydrogens (tertiary/aromatic N) is 8. The monoisotopic (exact) mass is 1460 g/mol. The first-order valence-corrected chi connectivity index (χ1v) is 39.2. The summed E-state index contributed by atoms with van der Waals surface area (Å²) in [5.41, 5.74) is 21.8. The second kappa shape index (κ2) is 28.0. The van der Waals surface area contributed by atoms with Crippen LogP contribution in [0.4, 0.5) is 0 Å². The molecule has 0 aliphatic rings. The van der Waals surface area contributed by atoms with Crippen LogP contribution >= 0.6 is 22.7 Å². The Hall–Kier alpha value is -14.4. The lowest BCUT2D eigenvalue weighted by Gasteiger charge is -2.16. The standard InChI is InChI=1S/2C51H32N4S/c1-4-15-33(16-5-1)42-32-37(51-53-49(34-17-6-2-7-18-34)52-50(54-51)35-19-8-3-9-20-35)28-30-45(42)55-44-25-12-10-21-39(44)43-31-36(27-29-46(43)55)38-23-14-24-41-40-22-11-13-26-47(40)56-48(38)41;1-3-15-33(16-4-1)49-52-50(34-17-5-2-6-18-34)54-51(53-49)43-24-8-7-21-38(43)35-19-13-20-37(31-35)55-45-27-11-9-22-40(45)44-32-36(29-30-46(44)55)39-25-14-26-42-41-23-10-12-28-47(41)56-48(39)42/h2*1-32H. The summed E-state index contributed by atoms with van der Waals surface area (Å²) in [5, 5.41) is 10.1. The highest BCUT2D eigenvalue weighted by molar-refractivity contribution is 7.26. The lowest BCUT2D eigenvalue weighted by atomic mass is 9.98. The summed E-state index contributed by atoms with van der Waals surface area (Å²) in [7, 11) is 0. The van der Waals surface area contributed by atoms with Crippen molar-refractivity contribution in [2.24, 2.45) is 0 Å². The van der Waals surface area contributed by atoms with E-state index < -0.39 is 0 Å². The highest BCUT2D eigenvalue weighted by Crippen LogP contribution is 2.46. The van der Waals surface area contributed by atoms with Gasteiger partial charge in [0.1, 0.15) is 0 Å². The molecule has 0 aliphatic heterocycles. The summed E-state index contributed by atoms with van der Waals surface area (Å²) in [5.74, 6) is 3.84. The topological polar surface area (TPSA) is 87.2 Å². The van der Waals surface area contributed by atoms with Crippen LogP contribution in [0.15, 0.2) is 388 Å². The number of fused-ring (bicyclic) bond motifs is 12. The van der Waals surface area contributed by atoms with Gasteiger partial charge in [0.25, 0.3) is 0 Å². The van der Waals surface area contributed by atoms with Gasteiger partial charge in [0.2, 0.25) is 0 Å². The van der Waals surface area contributed by atoms with E-state index >= 15 is 0 Å². The summed E-state index contributed by atoms with van der Waals surface area (Å²) >= 11 is 3.75. The van der Waals surface area contributed by atoms with Crippen molar-refractivity contribution >= 4 is 107 Å². The minimum atomic E-state index is 0.628. The SMILES string of the molecule is c1ccc(-c2nc(-c3ccccc3)nc(-c3ccc(-n4c5ccccc5c5cc(-c6cccc7c6sc6ccccc67)ccc54)c(-c4ccccc4)c3)n2)cc1.c1ccc(-c2nc(-c3ccccc3)nc(-c3ccccc3-c3cccc(-n4c5ccccc5c5cc(-c6cccc7c6sc6ccccc67)ccc54)c3)n2)cc1. The van der Waals surface area contributed by atoms with Crippen LogP contribution < -0.4 is 0 Å². The summed E-state index contributed by atoms with van der Waals surface area (Å²) in [4.78, 5) is 30.2. The van der Waals surface area contributed by atoms with Crippen LogP contribution in [0.1, 0.15) is 0 Å². The minimum absolute atomic E-state index is 0.628. The zero-order valence-electron chi connectivity index (χ0n) is 60.3. The van der Waals surface area contributed by atoms with Crippen LogP contribution in [0, 0.1) is 0 Å². The van der Waals surface area contributed by atoms with Gasteiger partial charge in [-0.1, -0.05) is 309 Å². The molecule has 0 radical (unpaired) electrons. The molecule has 0 fully saturated rings. The van der Waals surface area contributed by atoms with Gasteiger partial charge in [-0.25, -0.2) is 29.9 Å². The minimum Gasteiger partial charge on any atom is -0.309 e. The predicted octanol–water partition coefficient (Wildman–Crippen LogP) is 27.3. The molecule has 0 atom stereocenters. The molecular weight excluding hydrogens is 1400 g/mol. The first-order valence-electron chi connectivity index (χ1n) is 37.6. The van der Waals surface area contributed by atoms with Crippen molar-refractivity contribution < 1.29 is 0 Å². The van der Waals surface area contributed by atoms with Gasteiger partial charge in [0, 0.05) is 107 Å². The molecular formula is C102H64N8S2. The Morgan fingerprint density at radius 1 is 0.179 bits per heavy atom. The molecule has 0 amide bonds. The second-order valence-electron chi connectivity index (χ2n) is 28.0. The van der Waals surface area contributed by atoms with Crippen LogP contribution in [0.3, 0.4) is 0 Å². The lowest BCUT2D eigenvalue weighted by Crippen LogP contribution is -2.02. The molecule has 6 aromatic heterocycles. The van der Waals surface area contributed by atoms with Crippen molar-refractivity contribution in [3.05, 3.63) is 388 Å². The van der Waals surface area contributed by atoms with E-state index in [0.717, 1.165) is 78.0 Å². The Bertz CT molecular complexity index is 7260. The number of aromatic nitrogens is 8. The van der Waals surface area contributed by atoms with E-state index in [0.29, 0.717) is 34.9 Å². The summed E-state index contributed by atoms with van der Waals surface area (Å²) in [6, 6.07) is 137. The van der Waals surface area contributed by atoms with Gasteiger partial charge in [0.15, 0.2) is 34.9 Å². The third-order valence-corrected chi connectivity index (χ3v) is 23.8. The van der Waals surface area contributed by atoms with Crippen molar-refractivity contribution in [3.63, 3.8) is 0 Å². The van der Waals surface area contributed by atoms with Gasteiger partial charge in [-0.2, -0.15) is 0 Å². The van der Waals surface area contributed by atoms with E-state index in [1.807, 2.05) is 144 Å². The third kappa shape index (κ3) is 11.8. The predicted molar refractivity (Wildman–Crippen MR) is 468 cm³/mol. The van der Waals surface area contributed by atoms with Crippen LogP contribution in [0.2, 0.25) is 0 Å². The lowest BCUT2D eigenvalue weighted by molar-refractivity contribution is 1.07. The molecule has 0 aliphatic carbocycles.